The molecular formula is C19H33N3O. The molecule has 23 heavy (non-hydrogen) atoms. The fourth-order valence-corrected chi connectivity index (χ4v) is 6.45. The molecule has 5 rings (SSSR count). The first kappa shape index (κ1) is 15.9. The average molecular weight is 319 g/mol. The normalized spacial score (nSPS) is 45.8. The van der Waals surface area contributed by atoms with Gasteiger partial charge in [0.15, 0.2) is 0 Å². The molecule has 0 spiro atoms. The van der Waals surface area contributed by atoms with Gasteiger partial charge in [-0.05, 0) is 76.0 Å². The van der Waals surface area contributed by atoms with E-state index in [1.54, 1.807) is 7.05 Å². The number of hydrogen-bond acceptors (Lipinski definition) is 3. The highest BCUT2D eigenvalue weighted by Gasteiger charge is 2.49. The van der Waals surface area contributed by atoms with Gasteiger partial charge in [0.05, 0.1) is 6.04 Å². The third kappa shape index (κ3) is 2.82. The van der Waals surface area contributed by atoms with Crippen molar-refractivity contribution in [2.75, 3.05) is 13.6 Å². The zero-order valence-electron chi connectivity index (χ0n) is 14.9. The van der Waals surface area contributed by atoms with E-state index in [4.69, 9.17) is 0 Å². The lowest BCUT2D eigenvalue weighted by molar-refractivity contribution is -0.125. The molecule has 5 aliphatic rings. The lowest BCUT2D eigenvalue weighted by Gasteiger charge is -2.55. The minimum atomic E-state index is 0.0503. The third-order valence-electron chi connectivity index (χ3n) is 7.21. The van der Waals surface area contributed by atoms with Gasteiger partial charge in [0.1, 0.15) is 0 Å². The number of carbonyl (C=O) groups excluding carboxylic acids is 1. The van der Waals surface area contributed by atoms with Crippen molar-refractivity contribution in [3.05, 3.63) is 0 Å². The van der Waals surface area contributed by atoms with Crippen LogP contribution in [0.3, 0.4) is 0 Å². The number of nitrogens with zero attached hydrogens (tertiary/aromatic N) is 1. The maximum absolute atomic E-state index is 12.2. The summed E-state index contributed by atoms with van der Waals surface area (Å²) in [6.07, 6.45) is 8.34. The van der Waals surface area contributed by atoms with Crippen LogP contribution in [0.4, 0.5) is 0 Å². The van der Waals surface area contributed by atoms with E-state index in [2.05, 4.69) is 29.4 Å². The van der Waals surface area contributed by atoms with Crippen molar-refractivity contribution < 1.29 is 4.79 Å². The summed E-state index contributed by atoms with van der Waals surface area (Å²) in [5.74, 6) is 4.08. The molecule has 1 heterocycles. The second kappa shape index (κ2) is 6.03. The van der Waals surface area contributed by atoms with Gasteiger partial charge in [-0.1, -0.05) is 0 Å². The highest BCUT2D eigenvalue weighted by atomic mass is 16.2. The lowest BCUT2D eigenvalue weighted by Crippen LogP contribution is -2.57. The van der Waals surface area contributed by atoms with Crippen LogP contribution in [0.25, 0.3) is 0 Å². The molecule has 4 nitrogen and oxygen atoms in total. The Labute approximate surface area is 140 Å². The molecule has 4 saturated carbocycles. The molecule has 2 atom stereocenters. The van der Waals surface area contributed by atoms with E-state index in [0.29, 0.717) is 12.1 Å². The first-order valence-electron chi connectivity index (χ1n) is 9.78. The molecule has 130 valence electrons. The van der Waals surface area contributed by atoms with Crippen LogP contribution >= 0.6 is 0 Å². The Morgan fingerprint density at radius 1 is 1.00 bits per heavy atom. The molecule has 5 fully saturated rings. The van der Waals surface area contributed by atoms with Crippen LogP contribution in [0.2, 0.25) is 0 Å². The Hall–Kier alpha value is -0.610. The van der Waals surface area contributed by atoms with Crippen molar-refractivity contribution >= 4 is 5.91 Å². The van der Waals surface area contributed by atoms with E-state index in [1.807, 2.05) is 0 Å². The first-order valence-corrected chi connectivity index (χ1v) is 9.78. The summed E-state index contributed by atoms with van der Waals surface area (Å²) in [7, 11) is 1.76. The van der Waals surface area contributed by atoms with Crippen LogP contribution in [0, 0.1) is 23.7 Å². The van der Waals surface area contributed by atoms with E-state index in [1.165, 1.54) is 32.1 Å². The molecule has 4 heteroatoms. The highest BCUT2D eigenvalue weighted by Crippen LogP contribution is 2.53. The van der Waals surface area contributed by atoms with Crippen molar-refractivity contribution in [3.63, 3.8) is 0 Å². The number of carbonyl (C=O) groups is 1. The zero-order chi connectivity index (χ0) is 16.1. The molecule has 0 aromatic carbocycles. The highest BCUT2D eigenvalue weighted by molar-refractivity contribution is 5.81. The van der Waals surface area contributed by atoms with Crippen molar-refractivity contribution in [2.24, 2.45) is 23.7 Å². The van der Waals surface area contributed by atoms with E-state index in [-0.39, 0.29) is 11.9 Å². The zero-order valence-corrected chi connectivity index (χ0v) is 14.9. The molecule has 4 bridgehead atoms. The van der Waals surface area contributed by atoms with Crippen molar-refractivity contribution in [3.8, 4) is 0 Å². The first-order chi connectivity index (χ1) is 11.0. The lowest BCUT2D eigenvalue weighted by atomic mass is 9.54. The predicted molar refractivity (Wildman–Crippen MR) is 92.1 cm³/mol. The van der Waals surface area contributed by atoms with Crippen LogP contribution in [-0.2, 0) is 4.79 Å². The number of amides is 1. The molecule has 1 amide bonds. The Morgan fingerprint density at radius 2 is 1.61 bits per heavy atom. The summed E-state index contributed by atoms with van der Waals surface area (Å²) in [4.78, 5) is 14.6. The van der Waals surface area contributed by atoms with Crippen LogP contribution in [-0.4, -0.2) is 48.6 Å². The van der Waals surface area contributed by atoms with E-state index >= 15 is 0 Å². The van der Waals surface area contributed by atoms with Crippen molar-refractivity contribution in [1.82, 2.24) is 15.5 Å². The second-order valence-electron chi connectivity index (χ2n) is 8.98. The maximum Gasteiger partial charge on any atom is 0.237 e. The van der Waals surface area contributed by atoms with E-state index < -0.39 is 0 Å². The maximum atomic E-state index is 12.2. The Bertz CT molecular complexity index is 436. The topological polar surface area (TPSA) is 44.4 Å². The Kier molecular flexibility index (Phi) is 4.17. The van der Waals surface area contributed by atoms with Crippen molar-refractivity contribution in [2.45, 2.75) is 76.5 Å². The molecule has 2 N–H and O–H groups in total. The number of likely N-dealkylation sites (N-methyl/N-ethyl adjacent to an activating group) is 1. The van der Waals surface area contributed by atoms with Crippen LogP contribution in [0.1, 0.15) is 52.4 Å². The SMILES string of the molecule is CNC(=O)[C@@H]1C[C@@H](NC2C3CC4CC(C3)CC2C4)CN1C(C)C. The Morgan fingerprint density at radius 3 is 2.13 bits per heavy atom. The standard InChI is InChI=1S/C19H33N3O/c1-11(2)22-10-16(9-17(22)19(23)20-3)21-18-14-5-12-4-13(7-14)8-15(18)6-12/h11-18,21H,4-10H2,1-3H3,(H,20,23)/t12?,13?,14?,15?,16-,17+,18?/m1/s1. The van der Waals surface area contributed by atoms with Crippen LogP contribution in [0.15, 0.2) is 0 Å². The van der Waals surface area contributed by atoms with E-state index in [0.717, 1.165) is 42.7 Å². The predicted octanol–water partition coefficient (Wildman–Crippen LogP) is 2.00. The quantitative estimate of drug-likeness (QED) is 0.833. The molecule has 4 aliphatic carbocycles. The number of hydrogen-bond donors (Lipinski definition) is 2. The smallest absolute Gasteiger partial charge is 0.237 e. The monoisotopic (exact) mass is 319 g/mol. The number of rotatable bonds is 4. The van der Waals surface area contributed by atoms with E-state index in [9.17, 15) is 4.79 Å². The second-order valence-corrected chi connectivity index (χ2v) is 8.98. The third-order valence-corrected chi connectivity index (χ3v) is 7.21. The molecule has 0 aromatic rings. The summed E-state index contributed by atoms with van der Waals surface area (Å²) in [6, 6.07) is 1.70. The molecule has 0 radical (unpaired) electrons. The molecule has 1 aliphatic heterocycles. The van der Waals surface area contributed by atoms with Gasteiger partial charge in [-0.3, -0.25) is 9.69 Å². The summed E-state index contributed by atoms with van der Waals surface area (Å²) in [5.41, 5.74) is 0. The average Bonchev–Trinajstić information content (AvgIpc) is 2.93. The summed E-state index contributed by atoms with van der Waals surface area (Å²) in [5, 5.41) is 6.89. The summed E-state index contributed by atoms with van der Waals surface area (Å²) in [6.45, 7) is 5.45. The minimum Gasteiger partial charge on any atom is -0.358 e. The largest absolute Gasteiger partial charge is 0.358 e. The van der Waals surface area contributed by atoms with Gasteiger partial charge < -0.3 is 10.6 Å². The fourth-order valence-electron chi connectivity index (χ4n) is 6.45. The molecule has 0 aromatic heterocycles. The van der Waals surface area contributed by atoms with Gasteiger partial charge >= 0.3 is 0 Å². The van der Waals surface area contributed by atoms with Gasteiger partial charge in [0.25, 0.3) is 0 Å². The van der Waals surface area contributed by atoms with Gasteiger partial charge in [0, 0.05) is 31.7 Å². The minimum absolute atomic E-state index is 0.0503. The van der Waals surface area contributed by atoms with Gasteiger partial charge in [-0.15, -0.1) is 0 Å². The van der Waals surface area contributed by atoms with Crippen LogP contribution < -0.4 is 10.6 Å². The Balaban J connectivity index is 1.42. The summed E-state index contributed by atoms with van der Waals surface area (Å²) < 4.78 is 0. The number of likely N-dealkylation sites (tertiary alicyclic amines) is 1. The van der Waals surface area contributed by atoms with Crippen LogP contribution in [0.5, 0.6) is 0 Å². The van der Waals surface area contributed by atoms with Crippen molar-refractivity contribution in [1.29, 1.82) is 0 Å². The van der Waals surface area contributed by atoms with Gasteiger partial charge in [0.2, 0.25) is 5.91 Å². The number of nitrogens with one attached hydrogen (secondary N) is 2. The molecule has 1 saturated heterocycles. The van der Waals surface area contributed by atoms with Gasteiger partial charge in [-0.2, -0.15) is 0 Å². The summed E-state index contributed by atoms with van der Waals surface area (Å²) >= 11 is 0. The van der Waals surface area contributed by atoms with Gasteiger partial charge in [-0.25, -0.2) is 0 Å². The molecular weight excluding hydrogens is 286 g/mol. The fraction of sp³-hybridized carbons (Fsp3) is 0.947. The molecule has 0 unspecified atom stereocenters.